The Bertz CT molecular complexity index is 1220. The number of hydrogen-bond acceptors (Lipinski definition) is 5. The number of hydrogen-bond donors (Lipinski definition) is 1. The molecule has 1 aliphatic heterocycles. The van der Waals surface area contributed by atoms with Crippen molar-refractivity contribution in [2.24, 2.45) is 0 Å². The van der Waals surface area contributed by atoms with E-state index in [0.29, 0.717) is 48.3 Å². The molecular formula is C28H29FN2O5. The molecule has 0 bridgehead atoms. The Morgan fingerprint density at radius 3 is 2.19 bits per heavy atom. The number of ether oxygens (including phenoxy) is 3. The van der Waals surface area contributed by atoms with Crippen molar-refractivity contribution in [3.05, 3.63) is 83.2 Å². The number of fused-ring (bicyclic) bond motifs is 1. The van der Waals surface area contributed by atoms with Crippen LogP contribution in [0.2, 0.25) is 0 Å². The van der Waals surface area contributed by atoms with E-state index in [1.807, 2.05) is 51.1 Å². The maximum atomic E-state index is 14.4. The molecule has 3 aromatic rings. The lowest BCUT2D eigenvalue weighted by molar-refractivity contribution is -0.117. The van der Waals surface area contributed by atoms with Crippen molar-refractivity contribution in [3.8, 4) is 17.2 Å². The second kappa shape index (κ2) is 11.1. The fourth-order valence-electron chi connectivity index (χ4n) is 4.34. The summed E-state index contributed by atoms with van der Waals surface area (Å²) in [6, 6.07) is 15.9. The van der Waals surface area contributed by atoms with Gasteiger partial charge in [-0.3, -0.25) is 9.59 Å². The standard InChI is InChI=1S/C28H29FN2O5/c1-4-34-23-14-19(15-24(35-5-2)27(23)36-6-3)28(33)31-17-25(32)30-22-13-12-20(29)16-21(22)26(31)18-10-8-7-9-11-18/h7-16,26H,4-6,17H2,1-3H3,(H,30,32)/t26-/m0/s1. The Balaban J connectivity index is 1.87. The summed E-state index contributed by atoms with van der Waals surface area (Å²) in [5.41, 5.74) is 1.96. The van der Waals surface area contributed by atoms with Crippen molar-refractivity contribution in [1.29, 1.82) is 0 Å². The van der Waals surface area contributed by atoms with Gasteiger partial charge in [0.1, 0.15) is 12.4 Å². The van der Waals surface area contributed by atoms with E-state index in [-0.39, 0.29) is 18.0 Å². The van der Waals surface area contributed by atoms with Gasteiger partial charge in [-0.05, 0) is 56.7 Å². The molecule has 0 radical (unpaired) electrons. The molecular weight excluding hydrogens is 463 g/mol. The van der Waals surface area contributed by atoms with Crippen LogP contribution in [0.15, 0.2) is 60.7 Å². The molecule has 0 unspecified atom stereocenters. The Labute approximate surface area is 209 Å². The van der Waals surface area contributed by atoms with Crippen molar-refractivity contribution < 1.29 is 28.2 Å². The number of nitrogens with one attached hydrogen (secondary N) is 1. The zero-order valence-electron chi connectivity index (χ0n) is 20.5. The van der Waals surface area contributed by atoms with E-state index in [4.69, 9.17) is 14.2 Å². The molecule has 0 spiro atoms. The van der Waals surface area contributed by atoms with Crippen molar-refractivity contribution in [2.45, 2.75) is 26.8 Å². The average Bonchev–Trinajstić information content (AvgIpc) is 3.01. The zero-order chi connectivity index (χ0) is 25.7. The molecule has 0 saturated carbocycles. The van der Waals surface area contributed by atoms with Gasteiger partial charge in [0.2, 0.25) is 11.7 Å². The van der Waals surface area contributed by atoms with Crippen LogP contribution >= 0.6 is 0 Å². The van der Waals surface area contributed by atoms with Gasteiger partial charge in [-0.2, -0.15) is 0 Å². The highest BCUT2D eigenvalue weighted by Crippen LogP contribution is 2.41. The molecule has 1 heterocycles. The largest absolute Gasteiger partial charge is 0.490 e. The smallest absolute Gasteiger partial charge is 0.255 e. The molecule has 8 heteroatoms. The molecule has 0 aliphatic carbocycles. The number of carbonyl (C=O) groups is 2. The second-order valence-corrected chi connectivity index (χ2v) is 8.13. The first-order valence-electron chi connectivity index (χ1n) is 12.0. The highest BCUT2D eigenvalue weighted by Gasteiger charge is 2.35. The van der Waals surface area contributed by atoms with Crippen LogP contribution in [0.4, 0.5) is 10.1 Å². The van der Waals surface area contributed by atoms with Crippen molar-refractivity contribution in [2.75, 3.05) is 31.7 Å². The van der Waals surface area contributed by atoms with Gasteiger partial charge in [-0.15, -0.1) is 0 Å². The summed E-state index contributed by atoms with van der Waals surface area (Å²) in [4.78, 5) is 28.4. The molecule has 188 valence electrons. The zero-order valence-corrected chi connectivity index (χ0v) is 20.5. The quantitative estimate of drug-likeness (QED) is 0.467. The number of benzene rings is 3. The van der Waals surface area contributed by atoms with Gasteiger partial charge in [0.15, 0.2) is 11.5 Å². The highest BCUT2D eigenvalue weighted by molar-refractivity contribution is 6.02. The maximum Gasteiger partial charge on any atom is 0.255 e. The number of rotatable bonds is 8. The Kier molecular flexibility index (Phi) is 7.73. The van der Waals surface area contributed by atoms with E-state index in [9.17, 15) is 14.0 Å². The molecule has 7 nitrogen and oxygen atoms in total. The number of carbonyl (C=O) groups excluding carboxylic acids is 2. The number of anilines is 1. The average molecular weight is 493 g/mol. The van der Waals surface area contributed by atoms with Gasteiger partial charge in [-0.1, -0.05) is 30.3 Å². The summed E-state index contributed by atoms with van der Waals surface area (Å²) in [6.45, 7) is 6.39. The fourth-order valence-corrected chi connectivity index (χ4v) is 4.34. The Morgan fingerprint density at radius 1 is 0.944 bits per heavy atom. The van der Waals surface area contributed by atoms with Crippen molar-refractivity contribution in [1.82, 2.24) is 4.90 Å². The lowest BCUT2D eigenvalue weighted by Crippen LogP contribution is -2.39. The first-order valence-corrected chi connectivity index (χ1v) is 12.0. The highest BCUT2D eigenvalue weighted by atomic mass is 19.1. The van der Waals surface area contributed by atoms with Gasteiger partial charge in [0, 0.05) is 16.8 Å². The Hall–Kier alpha value is -4.07. The van der Waals surface area contributed by atoms with Crippen LogP contribution in [-0.2, 0) is 4.79 Å². The van der Waals surface area contributed by atoms with E-state index >= 15 is 0 Å². The number of nitrogens with zero attached hydrogens (tertiary/aromatic N) is 1. The molecule has 1 N–H and O–H groups in total. The van der Waals surface area contributed by atoms with Gasteiger partial charge in [0.05, 0.1) is 25.9 Å². The van der Waals surface area contributed by atoms with Crippen LogP contribution in [-0.4, -0.2) is 43.1 Å². The first-order chi connectivity index (χ1) is 17.5. The third kappa shape index (κ3) is 5.12. The fraction of sp³-hybridized carbons (Fsp3) is 0.286. The molecule has 3 aromatic carbocycles. The van der Waals surface area contributed by atoms with Crippen LogP contribution in [0, 0.1) is 5.82 Å². The minimum atomic E-state index is -0.707. The third-order valence-corrected chi connectivity index (χ3v) is 5.74. The van der Waals surface area contributed by atoms with Gasteiger partial charge in [-0.25, -0.2) is 4.39 Å². The first kappa shape index (κ1) is 25.0. The molecule has 0 saturated heterocycles. The molecule has 1 aliphatic rings. The van der Waals surface area contributed by atoms with Crippen molar-refractivity contribution >= 4 is 17.5 Å². The van der Waals surface area contributed by atoms with Gasteiger partial charge >= 0.3 is 0 Å². The second-order valence-electron chi connectivity index (χ2n) is 8.13. The summed E-state index contributed by atoms with van der Waals surface area (Å²) in [6.07, 6.45) is 0. The summed E-state index contributed by atoms with van der Waals surface area (Å²) in [5.74, 6) is -0.113. The maximum absolute atomic E-state index is 14.4. The molecule has 0 fully saturated rings. The van der Waals surface area contributed by atoms with E-state index in [0.717, 1.165) is 5.56 Å². The van der Waals surface area contributed by atoms with Gasteiger partial charge in [0.25, 0.3) is 5.91 Å². The van der Waals surface area contributed by atoms with Crippen molar-refractivity contribution in [3.63, 3.8) is 0 Å². The topological polar surface area (TPSA) is 77.1 Å². The molecule has 0 aromatic heterocycles. The summed E-state index contributed by atoms with van der Waals surface area (Å²) < 4.78 is 31.7. The van der Waals surface area contributed by atoms with Crippen LogP contribution in [0.25, 0.3) is 0 Å². The predicted molar refractivity (Wildman–Crippen MR) is 134 cm³/mol. The van der Waals surface area contributed by atoms with Crippen LogP contribution in [0.1, 0.15) is 48.3 Å². The lowest BCUT2D eigenvalue weighted by atomic mass is 9.95. The molecule has 2 amide bonds. The van der Waals surface area contributed by atoms with E-state index in [1.165, 1.54) is 23.1 Å². The monoisotopic (exact) mass is 492 g/mol. The lowest BCUT2D eigenvalue weighted by Gasteiger charge is -2.31. The van der Waals surface area contributed by atoms with Crippen LogP contribution < -0.4 is 19.5 Å². The van der Waals surface area contributed by atoms with Crippen LogP contribution in [0.3, 0.4) is 0 Å². The van der Waals surface area contributed by atoms with E-state index < -0.39 is 17.8 Å². The minimum absolute atomic E-state index is 0.226. The number of halogens is 1. The van der Waals surface area contributed by atoms with Gasteiger partial charge < -0.3 is 24.4 Å². The third-order valence-electron chi connectivity index (χ3n) is 5.74. The minimum Gasteiger partial charge on any atom is -0.490 e. The summed E-state index contributed by atoms with van der Waals surface area (Å²) >= 11 is 0. The molecule has 1 atom stereocenters. The number of amides is 2. The predicted octanol–water partition coefficient (Wildman–Crippen LogP) is 5.21. The SMILES string of the molecule is CCOc1cc(C(=O)N2CC(=O)Nc3ccc(F)cc3[C@@H]2c2ccccc2)cc(OCC)c1OCC. The van der Waals surface area contributed by atoms with Crippen LogP contribution in [0.5, 0.6) is 17.2 Å². The molecule has 36 heavy (non-hydrogen) atoms. The Morgan fingerprint density at radius 2 is 1.58 bits per heavy atom. The molecule has 4 rings (SSSR count). The summed E-state index contributed by atoms with van der Waals surface area (Å²) in [7, 11) is 0. The summed E-state index contributed by atoms with van der Waals surface area (Å²) in [5, 5.41) is 2.81. The normalized spacial score (nSPS) is 14.9. The van der Waals surface area contributed by atoms with E-state index in [2.05, 4.69) is 5.32 Å². The van der Waals surface area contributed by atoms with E-state index in [1.54, 1.807) is 12.1 Å².